The molecule has 0 N–H and O–H groups in total. The first-order chi connectivity index (χ1) is 18.0. The van der Waals surface area contributed by atoms with E-state index in [4.69, 9.17) is 0 Å². The van der Waals surface area contributed by atoms with Gasteiger partial charge in [0.25, 0.3) is 0 Å². The summed E-state index contributed by atoms with van der Waals surface area (Å²) >= 11 is -4.14. The zero-order valence-electron chi connectivity index (χ0n) is 22.3. The number of allylic oxidation sites excluding steroid dienone is 4. The van der Waals surface area contributed by atoms with E-state index in [2.05, 4.69) is 131 Å². The van der Waals surface area contributed by atoms with Crippen LogP contribution in [0.3, 0.4) is 0 Å². The van der Waals surface area contributed by atoms with E-state index in [1.807, 2.05) is 0 Å². The average Bonchev–Trinajstić information content (AvgIpc) is 3.56. The van der Waals surface area contributed by atoms with Gasteiger partial charge in [-0.25, -0.2) is 0 Å². The first-order valence-corrected chi connectivity index (χ1v) is 22.4. The van der Waals surface area contributed by atoms with Crippen LogP contribution in [-0.2, 0) is 24.7 Å². The Hall–Kier alpha value is -2.89. The fourth-order valence-corrected chi connectivity index (χ4v) is 22.0. The predicted octanol–water partition coefficient (Wildman–Crippen LogP) is 8.95. The molecule has 37 heavy (non-hydrogen) atoms. The number of hydrogen-bond donors (Lipinski definition) is 0. The van der Waals surface area contributed by atoms with Gasteiger partial charge in [0, 0.05) is 0 Å². The molecule has 0 saturated heterocycles. The van der Waals surface area contributed by atoms with Crippen molar-refractivity contribution in [2.24, 2.45) is 0 Å². The standard InChI is InChI=1S/C13H9.C13H10.C8H11.2CH3.Zr/c1-3-7-12-10(5-1)9-11-6-2-4-8-13(11)12;1-3-7-12(8-4-1)11-13-9-5-2-6-10-13;1-2-5-8-6-3-4-7-8;;;/h1-5,7-8H,9H2;1-10H;6-7H,2-3,5H2,1H3;2*1H3;. The molecule has 184 valence electrons. The second-order valence-corrected chi connectivity index (χ2v) is 27.4. The van der Waals surface area contributed by atoms with E-state index in [9.17, 15) is 0 Å². The van der Waals surface area contributed by atoms with Crippen molar-refractivity contribution in [2.75, 3.05) is 0 Å². The monoisotopic (exact) mass is 558 g/mol. The van der Waals surface area contributed by atoms with E-state index in [1.165, 1.54) is 46.2 Å². The van der Waals surface area contributed by atoms with Gasteiger partial charge in [-0.1, -0.05) is 0 Å². The van der Waals surface area contributed by atoms with Crippen molar-refractivity contribution in [3.05, 3.63) is 146 Å². The normalized spacial score (nSPS) is 14.6. The minimum absolute atomic E-state index is 1.03. The molecule has 2 aliphatic rings. The molecule has 0 bridgehead atoms. The Morgan fingerprint density at radius 2 is 1.32 bits per heavy atom. The zero-order valence-corrected chi connectivity index (χ0v) is 24.8. The SMILES string of the molecule is CCCC1=CC[C]([Zr]([CH3])([CH3])(=[C](c2ccccc2)c2ccccc2)[c]2cccc3c2Cc2ccccc2-3)=C1. The summed E-state index contributed by atoms with van der Waals surface area (Å²) in [5.41, 5.74) is 10.2. The maximum atomic E-state index is 2.71. The van der Waals surface area contributed by atoms with Gasteiger partial charge in [-0.3, -0.25) is 0 Å². The van der Waals surface area contributed by atoms with Crippen LogP contribution in [0.4, 0.5) is 0 Å². The van der Waals surface area contributed by atoms with Crippen LogP contribution in [0.5, 0.6) is 0 Å². The molecule has 0 amide bonds. The molecule has 0 aliphatic heterocycles. The van der Waals surface area contributed by atoms with Gasteiger partial charge in [0.1, 0.15) is 0 Å². The van der Waals surface area contributed by atoms with E-state index in [0.717, 1.165) is 12.8 Å². The molecule has 0 unspecified atom stereocenters. The van der Waals surface area contributed by atoms with Gasteiger partial charge in [-0.05, 0) is 0 Å². The molecular formula is C36H36Zr. The third-order valence-electron chi connectivity index (χ3n) is 8.98. The van der Waals surface area contributed by atoms with Crippen molar-refractivity contribution >= 4 is 6.48 Å². The van der Waals surface area contributed by atoms with Gasteiger partial charge >= 0.3 is 224 Å². The van der Waals surface area contributed by atoms with Crippen molar-refractivity contribution in [3.8, 4) is 11.1 Å². The molecule has 2 aliphatic carbocycles. The van der Waals surface area contributed by atoms with Gasteiger partial charge in [0.2, 0.25) is 0 Å². The van der Waals surface area contributed by atoms with Gasteiger partial charge in [-0.15, -0.1) is 0 Å². The van der Waals surface area contributed by atoms with E-state index in [-0.39, 0.29) is 0 Å². The van der Waals surface area contributed by atoms with Crippen LogP contribution in [0.25, 0.3) is 11.1 Å². The number of hydrogen-bond acceptors (Lipinski definition) is 0. The molecule has 4 aromatic rings. The molecule has 0 spiro atoms. The Morgan fingerprint density at radius 3 is 2.00 bits per heavy atom. The molecule has 0 radical (unpaired) electrons. The second kappa shape index (κ2) is 9.45. The van der Waals surface area contributed by atoms with Crippen molar-refractivity contribution in [3.63, 3.8) is 0 Å². The molecule has 0 saturated carbocycles. The molecule has 0 heterocycles. The number of benzene rings is 4. The number of fused-ring (bicyclic) bond motifs is 3. The summed E-state index contributed by atoms with van der Waals surface area (Å²) in [5.74, 6) is 0. The van der Waals surface area contributed by atoms with E-state index in [0.29, 0.717) is 0 Å². The molecule has 0 fully saturated rings. The quantitative estimate of drug-likeness (QED) is 0.195. The third kappa shape index (κ3) is 3.95. The summed E-state index contributed by atoms with van der Waals surface area (Å²) in [6.45, 7) is 2.30. The topological polar surface area (TPSA) is 0 Å². The van der Waals surface area contributed by atoms with E-state index >= 15 is 0 Å². The Labute approximate surface area is 223 Å². The van der Waals surface area contributed by atoms with Gasteiger partial charge in [0.05, 0.1) is 0 Å². The van der Waals surface area contributed by atoms with Crippen LogP contribution < -0.4 is 3.27 Å². The van der Waals surface area contributed by atoms with Crippen molar-refractivity contribution in [1.29, 1.82) is 0 Å². The molecular weight excluding hydrogens is 524 g/mol. The van der Waals surface area contributed by atoms with Crippen LogP contribution >= 0.6 is 0 Å². The van der Waals surface area contributed by atoms with Gasteiger partial charge in [0.15, 0.2) is 0 Å². The summed E-state index contributed by atoms with van der Waals surface area (Å²) in [7, 11) is 0. The Bertz CT molecular complexity index is 1570. The molecule has 1 heteroatoms. The second-order valence-electron chi connectivity index (χ2n) is 11.6. The Kier molecular flexibility index (Phi) is 6.24. The van der Waals surface area contributed by atoms with E-state index in [1.54, 1.807) is 15.3 Å². The van der Waals surface area contributed by atoms with Crippen LogP contribution in [-0.4, -0.2) is 3.21 Å². The zero-order chi connectivity index (χ0) is 25.5. The predicted molar refractivity (Wildman–Crippen MR) is 158 cm³/mol. The summed E-state index contributed by atoms with van der Waals surface area (Å²) in [6, 6.07) is 38.7. The average molecular weight is 560 g/mol. The van der Waals surface area contributed by atoms with Gasteiger partial charge < -0.3 is 0 Å². The fraction of sp³-hybridized carbons (Fsp3) is 0.194. The fourth-order valence-electron chi connectivity index (χ4n) is 7.14. The Balaban J connectivity index is 1.77. The number of rotatable bonds is 6. The maximum absolute atomic E-state index is 4.14. The summed E-state index contributed by atoms with van der Waals surface area (Å²) in [5, 5.41) is 0. The molecule has 6 rings (SSSR count). The van der Waals surface area contributed by atoms with Gasteiger partial charge in [-0.2, -0.15) is 0 Å². The molecule has 0 nitrogen and oxygen atoms in total. The summed E-state index contributed by atoms with van der Waals surface area (Å²) in [4.78, 5) is 0. The summed E-state index contributed by atoms with van der Waals surface area (Å²) < 4.78 is 10.3. The third-order valence-corrected chi connectivity index (χ3v) is 24.8. The van der Waals surface area contributed by atoms with E-state index < -0.39 is 18.3 Å². The van der Waals surface area contributed by atoms with Crippen molar-refractivity contribution in [2.45, 2.75) is 41.9 Å². The first kappa shape index (κ1) is 24.4. The molecule has 4 aromatic carbocycles. The van der Waals surface area contributed by atoms with Crippen LogP contribution in [0.15, 0.2) is 124 Å². The van der Waals surface area contributed by atoms with Crippen LogP contribution in [0, 0.1) is 0 Å². The van der Waals surface area contributed by atoms with Crippen LogP contribution in [0.2, 0.25) is 9.26 Å². The summed E-state index contributed by atoms with van der Waals surface area (Å²) in [6.07, 6.45) is 9.60. The molecule has 0 atom stereocenters. The molecule has 0 aromatic heterocycles. The van der Waals surface area contributed by atoms with Crippen molar-refractivity contribution in [1.82, 2.24) is 0 Å². The van der Waals surface area contributed by atoms with Crippen LogP contribution in [0.1, 0.15) is 48.4 Å². The first-order valence-electron chi connectivity index (χ1n) is 13.8. The van der Waals surface area contributed by atoms with Crippen molar-refractivity contribution < 1.29 is 18.3 Å². The minimum atomic E-state index is -4.14. The Morgan fingerprint density at radius 1 is 0.703 bits per heavy atom.